The molecule has 112 valence electrons. The van der Waals surface area contributed by atoms with E-state index in [9.17, 15) is 8.78 Å². The van der Waals surface area contributed by atoms with Crippen LogP contribution in [-0.4, -0.2) is 17.1 Å². The van der Waals surface area contributed by atoms with Gasteiger partial charge in [0, 0.05) is 25.3 Å². The summed E-state index contributed by atoms with van der Waals surface area (Å²) in [6.07, 6.45) is 0. The lowest BCUT2D eigenvalue weighted by atomic mass is 10.2. The van der Waals surface area contributed by atoms with Gasteiger partial charge in [-0.05, 0) is 18.2 Å². The summed E-state index contributed by atoms with van der Waals surface area (Å²) in [4.78, 5) is 8.26. The van der Waals surface area contributed by atoms with Crippen molar-refractivity contribution in [1.29, 1.82) is 0 Å². The molecule has 0 unspecified atom stereocenters. The zero-order valence-electron chi connectivity index (χ0n) is 11.4. The highest BCUT2D eigenvalue weighted by Crippen LogP contribution is 2.14. The van der Waals surface area contributed by atoms with Gasteiger partial charge in [-0.2, -0.15) is 0 Å². The average molecular weight is 295 g/mol. The van der Waals surface area contributed by atoms with Crippen molar-refractivity contribution in [3.8, 4) is 0 Å². The molecule has 0 fully saturated rings. The Hall–Kier alpha value is -2.32. The van der Waals surface area contributed by atoms with Crippen molar-refractivity contribution >= 4 is 11.6 Å². The zero-order valence-corrected chi connectivity index (χ0v) is 11.4. The van der Waals surface area contributed by atoms with Gasteiger partial charge in [0.2, 0.25) is 0 Å². The van der Waals surface area contributed by atoms with Gasteiger partial charge < -0.3 is 15.5 Å². The molecule has 2 rings (SSSR count). The molecule has 6 nitrogen and oxygen atoms in total. The molecule has 1 aromatic carbocycles. The van der Waals surface area contributed by atoms with Crippen LogP contribution in [0.25, 0.3) is 0 Å². The zero-order chi connectivity index (χ0) is 15.2. The van der Waals surface area contributed by atoms with Crippen LogP contribution in [0, 0.1) is 11.6 Å². The number of nitrogen functional groups attached to an aromatic ring is 1. The molecule has 0 amide bonds. The first-order valence-corrected chi connectivity index (χ1v) is 6.13. The SMILES string of the molecule is COCc1nc(NN)cc(NCc2cc(F)ccc2F)n1. The maximum Gasteiger partial charge on any atom is 0.158 e. The number of nitrogens with zero attached hydrogens (tertiary/aromatic N) is 2. The first-order chi connectivity index (χ1) is 10.1. The van der Waals surface area contributed by atoms with Crippen molar-refractivity contribution in [2.24, 2.45) is 5.84 Å². The monoisotopic (exact) mass is 295 g/mol. The number of ether oxygens (including phenoxy) is 1. The quantitative estimate of drug-likeness (QED) is 0.556. The van der Waals surface area contributed by atoms with Crippen molar-refractivity contribution < 1.29 is 13.5 Å². The highest BCUT2D eigenvalue weighted by Gasteiger charge is 2.07. The van der Waals surface area contributed by atoms with Crippen molar-refractivity contribution in [2.75, 3.05) is 17.9 Å². The molecule has 0 atom stereocenters. The molecule has 0 saturated heterocycles. The molecule has 0 spiro atoms. The summed E-state index contributed by atoms with van der Waals surface area (Å²) < 4.78 is 31.6. The largest absolute Gasteiger partial charge is 0.377 e. The summed E-state index contributed by atoms with van der Waals surface area (Å²) >= 11 is 0. The van der Waals surface area contributed by atoms with Crippen LogP contribution in [0.15, 0.2) is 24.3 Å². The fourth-order valence-electron chi connectivity index (χ4n) is 1.72. The second kappa shape index (κ2) is 6.91. The molecule has 0 saturated carbocycles. The van der Waals surface area contributed by atoms with E-state index in [1.165, 1.54) is 7.11 Å². The molecule has 1 aromatic heterocycles. The van der Waals surface area contributed by atoms with Gasteiger partial charge in [0.25, 0.3) is 0 Å². The normalized spacial score (nSPS) is 10.5. The number of methoxy groups -OCH3 is 1. The number of hydrogen-bond donors (Lipinski definition) is 3. The number of rotatable bonds is 6. The molecule has 8 heteroatoms. The molecule has 0 radical (unpaired) electrons. The Bertz CT molecular complexity index is 624. The number of halogens is 2. The molecular formula is C13H15F2N5O. The number of anilines is 2. The smallest absolute Gasteiger partial charge is 0.158 e. The van der Waals surface area contributed by atoms with E-state index in [1.807, 2.05) is 0 Å². The second-order valence-corrected chi connectivity index (χ2v) is 4.22. The number of nitrogens with two attached hydrogens (primary N) is 1. The lowest BCUT2D eigenvalue weighted by Gasteiger charge is -2.10. The third kappa shape index (κ3) is 4.07. The second-order valence-electron chi connectivity index (χ2n) is 4.22. The number of hydrogen-bond acceptors (Lipinski definition) is 6. The van der Waals surface area contributed by atoms with E-state index in [0.29, 0.717) is 17.5 Å². The molecule has 0 aliphatic rings. The van der Waals surface area contributed by atoms with Crippen molar-refractivity contribution in [1.82, 2.24) is 9.97 Å². The fraction of sp³-hybridized carbons (Fsp3) is 0.231. The van der Waals surface area contributed by atoms with Crippen LogP contribution in [0.1, 0.15) is 11.4 Å². The third-order valence-corrected chi connectivity index (χ3v) is 2.66. The van der Waals surface area contributed by atoms with Crippen molar-refractivity contribution in [3.05, 3.63) is 47.3 Å². The summed E-state index contributed by atoms with van der Waals surface area (Å²) in [5.41, 5.74) is 2.60. The predicted molar refractivity (Wildman–Crippen MR) is 74.2 cm³/mol. The first kappa shape index (κ1) is 15.1. The van der Waals surface area contributed by atoms with Gasteiger partial charge in [0.1, 0.15) is 29.9 Å². The molecule has 4 N–H and O–H groups in total. The molecule has 2 aromatic rings. The first-order valence-electron chi connectivity index (χ1n) is 6.13. The minimum Gasteiger partial charge on any atom is -0.377 e. The van der Waals surface area contributed by atoms with E-state index in [1.54, 1.807) is 6.07 Å². The van der Waals surface area contributed by atoms with E-state index in [2.05, 4.69) is 20.7 Å². The van der Waals surface area contributed by atoms with E-state index in [-0.39, 0.29) is 18.7 Å². The van der Waals surface area contributed by atoms with Crippen LogP contribution in [-0.2, 0) is 17.9 Å². The summed E-state index contributed by atoms with van der Waals surface area (Å²) in [7, 11) is 1.52. The summed E-state index contributed by atoms with van der Waals surface area (Å²) in [6, 6.07) is 4.82. The van der Waals surface area contributed by atoms with Gasteiger partial charge >= 0.3 is 0 Å². The predicted octanol–water partition coefficient (Wildman–Crippen LogP) is 1.80. The van der Waals surface area contributed by atoms with Gasteiger partial charge in [-0.15, -0.1) is 0 Å². The van der Waals surface area contributed by atoms with Crippen LogP contribution in [0.5, 0.6) is 0 Å². The van der Waals surface area contributed by atoms with Gasteiger partial charge in [0.05, 0.1) is 0 Å². The van der Waals surface area contributed by atoms with Gasteiger partial charge in [-0.3, -0.25) is 0 Å². The number of hydrazine groups is 1. The maximum atomic E-state index is 13.5. The van der Waals surface area contributed by atoms with E-state index >= 15 is 0 Å². The third-order valence-electron chi connectivity index (χ3n) is 2.66. The minimum absolute atomic E-state index is 0.0804. The Labute approximate surface area is 120 Å². The molecule has 21 heavy (non-hydrogen) atoms. The van der Waals surface area contributed by atoms with Crippen molar-refractivity contribution in [2.45, 2.75) is 13.2 Å². The summed E-state index contributed by atoms with van der Waals surface area (Å²) in [5.74, 6) is 5.55. The van der Waals surface area contributed by atoms with E-state index in [0.717, 1.165) is 18.2 Å². The highest BCUT2D eigenvalue weighted by atomic mass is 19.1. The standard InChI is InChI=1S/C13H15F2N5O/c1-21-7-13-18-11(5-12(19-13)20-16)17-6-8-4-9(14)2-3-10(8)15/h2-5H,6-7,16H2,1H3,(H2,17,18,19,20). The molecule has 1 heterocycles. The Morgan fingerprint density at radius 3 is 2.67 bits per heavy atom. The van der Waals surface area contributed by atoms with Gasteiger partial charge in [-0.25, -0.2) is 24.6 Å². The van der Waals surface area contributed by atoms with Crippen LogP contribution >= 0.6 is 0 Å². The van der Waals surface area contributed by atoms with Gasteiger partial charge in [-0.1, -0.05) is 0 Å². The maximum absolute atomic E-state index is 13.5. The number of nitrogens with one attached hydrogen (secondary N) is 2. The average Bonchev–Trinajstić information content (AvgIpc) is 2.48. The van der Waals surface area contributed by atoms with Crippen LogP contribution in [0.3, 0.4) is 0 Å². The highest BCUT2D eigenvalue weighted by molar-refractivity contribution is 5.47. The number of benzene rings is 1. The minimum atomic E-state index is -0.500. The summed E-state index contributed by atoms with van der Waals surface area (Å²) in [5, 5.41) is 2.89. The summed E-state index contributed by atoms with van der Waals surface area (Å²) in [6.45, 7) is 0.287. The molecular weight excluding hydrogens is 280 g/mol. The lowest BCUT2D eigenvalue weighted by molar-refractivity contribution is 0.178. The van der Waals surface area contributed by atoms with E-state index in [4.69, 9.17) is 10.6 Å². The van der Waals surface area contributed by atoms with Gasteiger partial charge in [0.15, 0.2) is 5.82 Å². The Kier molecular flexibility index (Phi) is 4.96. The van der Waals surface area contributed by atoms with Crippen molar-refractivity contribution in [3.63, 3.8) is 0 Å². The molecule has 0 aliphatic carbocycles. The van der Waals surface area contributed by atoms with E-state index < -0.39 is 11.6 Å². The number of aromatic nitrogens is 2. The molecule has 0 bridgehead atoms. The van der Waals surface area contributed by atoms with Crippen LogP contribution in [0.4, 0.5) is 20.4 Å². The fourth-order valence-corrected chi connectivity index (χ4v) is 1.72. The Morgan fingerprint density at radius 1 is 1.19 bits per heavy atom. The Morgan fingerprint density at radius 2 is 1.95 bits per heavy atom. The molecule has 0 aliphatic heterocycles. The topological polar surface area (TPSA) is 85.1 Å². The van der Waals surface area contributed by atoms with Crippen LogP contribution < -0.4 is 16.6 Å². The Balaban J connectivity index is 2.15. The lowest BCUT2D eigenvalue weighted by Crippen LogP contribution is -2.13. The van der Waals surface area contributed by atoms with Crippen LogP contribution in [0.2, 0.25) is 0 Å².